The lowest BCUT2D eigenvalue weighted by Crippen LogP contribution is -2.43. The summed E-state index contributed by atoms with van der Waals surface area (Å²) in [6.45, 7) is 9.49. The molecule has 128 valence electrons. The third-order valence-corrected chi connectivity index (χ3v) is 4.62. The van der Waals surface area contributed by atoms with Crippen molar-refractivity contribution in [3.05, 3.63) is 30.0 Å². The Kier molecular flexibility index (Phi) is 4.39. The molecule has 0 aromatic carbocycles. The number of aromatic amines is 1. The van der Waals surface area contributed by atoms with E-state index in [2.05, 4.69) is 20.2 Å². The maximum absolute atomic E-state index is 12.4. The van der Waals surface area contributed by atoms with E-state index in [1.807, 2.05) is 45.0 Å². The second kappa shape index (κ2) is 6.34. The molecule has 1 aliphatic heterocycles. The molecule has 6 nitrogen and oxygen atoms in total. The lowest BCUT2D eigenvalue weighted by Gasteiger charge is -2.35. The molecule has 2 aromatic heterocycles. The number of hydrogen-bond donors (Lipinski definition) is 1. The fraction of sp³-hybridized carbons (Fsp3) is 0.556. The first-order chi connectivity index (χ1) is 11.4. The highest BCUT2D eigenvalue weighted by atomic mass is 16.2. The zero-order valence-corrected chi connectivity index (χ0v) is 14.8. The van der Waals surface area contributed by atoms with Crippen molar-refractivity contribution in [3.63, 3.8) is 0 Å². The maximum atomic E-state index is 12.4. The van der Waals surface area contributed by atoms with E-state index in [0.717, 1.165) is 48.6 Å². The van der Waals surface area contributed by atoms with Crippen molar-refractivity contribution in [2.45, 2.75) is 46.5 Å². The average Bonchev–Trinajstić information content (AvgIpc) is 3.00. The van der Waals surface area contributed by atoms with Gasteiger partial charge in [-0.1, -0.05) is 20.8 Å². The second-order valence-electron chi connectivity index (χ2n) is 7.55. The number of hydrogen-bond acceptors (Lipinski definition) is 4. The van der Waals surface area contributed by atoms with Crippen LogP contribution in [-0.2, 0) is 4.79 Å². The number of carbonyl (C=O) groups is 1. The summed E-state index contributed by atoms with van der Waals surface area (Å²) in [7, 11) is 0. The normalized spacial score (nSPS) is 16.4. The molecule has 1 saturated heterocycles. The van der Waals surface area contributed by atoms with E-state index in [0.29, 0.717) is 5.92 Å². The number of aryl methyl sites for hydroxylation is 1. The zero-order valence-electron chi connectivity index (χ0n) is 14.8. The molecular weight excluding hydrogens is 302 g/mol. The van der Waals surface area contributed by atoms with Gasteiger partial charge in [0.15, 0.2) is 0 Å². The topological polar surface area (TPSA) is 74.8 Å². The molecule has 0 bridgehead atoms. The molecule has 0 atom stereocenters. The predicted octanol–water partition coefficient (Wildman–Crippen LogP) is 2.93. The minimum absolute atomic E-state index is 0.234. The highest BCUT2D eigenvalue weighted by Crippen LogP contribution is 2.29. The van der Waals surface area contributed by atoms with Crippen LogP contribution in [-0.4, -0.2) is 44.1 Å². The second-order valence-corrected chi connectivity index (χ2v) is 7.55. The van der Waals surface area contributed by atoms with Gasteiger partial charge in [-0.05, 0) is 19.8 Å². The molecule has 0 saturated carbocycles. The number of piperidine rings is 1. The summed E-state index contributed by atoms with van der Waals surface area (Å²) in [6, 6.07) is 0. The number of nitrogens with one attached hydrogen (secondary N) is 1. The first-order valence-electron chi connectivity index (χ1n) is 8.48. The van der Waals surface area contributed by atoms with E-state index < -0.39 is 0 Å². The first kappa shape index (κ1) is 16.6. The number of rotatable bonds is 2. The highest BCUT2D eigenvalue weighted by Gasteiger charge is 2.31. The van der Waals surface area contributed by atoms with Crippen LogP contribution in [0.25, 0.3) is 11.3 Å². The smallest absolute Gasteiger partial charge is 0.227 e. The van der Waals surface area contributed by atoms with Gasteiger partial charge >= 0.3 is 0 Å². The molecule has 0 unspecified atom stereocenters. The molecule has 1 fully saturated rings. The molecule has 3 heterocycles. The van der Waals surface area contributed by atoms with Crippen LogP contribution in [0.3, 0.4) is 0 Å². The third kappa shape index (κ3) is 3.32. The fourth-order valence-corrected chi connectivity index (χ4v) is 3.15. The van der Waals surface area contributed by atoms with Crippen LogP contribution in [0.4, 0.5) is 0 Å². The van der Waals surface area contributed by atoms with Crippen LogP contribution in [0.5, 0.6) is 0 Å². The van der Waals surface area contributed by atoms with E-state index in [-0.39, 0.29) is 11.3 Å². The molecule has 2 aromatic rings. The summed E-state index contributed by atoms with van der Waals surface area (Å²) >= 11 is 0. The summed E-state index contributed by atoms with van der Waals surface area (Å²) in [5.41, 5.74) is 3.52. The summed E-state index contributed by atoms with van der Waals surface area (Å²) in [4.78, 5) is 23.5. The van der Waals surface area contributed by atoms with Crippen molar-refractivity contribution >= 4 is 5.91 Å². The Labute approximate surface area is 142 Å². The van der Waals surface area contributed by atoms with Crippen molar-refractivity contribution in [2.24, 2.45) is 5.41 Å². The lowest BCUT2D eigenvalue weighted by molar-refractivity contribution is -0.140. The Morgan fingerprint density at radius 1 is 1.17 bits per heavy atom. The maximum Gasteiger partial charge on any atom is 0.227 e. The van der Waals surface area contributed by atoms with Crippen LogP contribution < -0.4 is 0 Å². The van der Waals surface area contributed by atoms with Gasteiger partial charge in [-0.25, -0.2) is 0 Å². The molecule has 0 aliphatic carbocycles. The third-order valence-electron chi connectivity index (χ3n) is 4.62. The summed E-state index contributed by atoms with van der Waals surface area (Å²) in [5, 5.41) is 6.94. The molecule has 24 heavy (non-hydrogen) atoms. The molecule has 0 radical (unpaired) electrons. The quantitative estimate of drug-likeness (QED) is 0.920. The SMILES string of the molecule is Cc1[nH]ncc1-c1cnc(C2CCN(C(=O)C(C)(C)C)CC2)cn1. The van der Waals surface area contributed by atoms with Gasteiger partial charge in [0.25, 0.3) is 0 Å². The van der Waals surface area contributed by atoms with Gasteiger partial charge < -0.3 is 4.90 Å². The van der Waals surface area contributed by atoms with E-state index in [4.69, 9.17) is 0 Å². The minimum Gasteiger partial charge on any atom is -0.342 e. The Morgan fingerprint density at radius 2 is 1.88 bits per heavy atom. The molecule has 6 heteroatoms. The van der Waals surface area contributed by atoms with Crippen molar-refractivity contribution in [3.8, 4) is 11.3 Å². The van der Waals surface area contributed by atoms with Gasteiger partial charge in [0.05, 0.1) is 23.8 Å². The Morgan fingerprint density at radius 3 is 2.38 bits per heavy atom. The summed E-state index contributed by atoms with van der Waals surface area (Å²) in [5.74, 6) is 0.610. The van der Waals surface area contributed by atoms with Crippen LogP contribution in [0.1, 0.15) is 50.9 Å². The van der Waals surface area contributed by atoms with Crippen LogP contribution in [0.2, 0.25) is 0 Å². The number of H-pyrrole nitrogens is 1. The van der Waals surface area contributed by atoms with Crippen molar-refractivity contribution < 1.29 is 4.79 Å². The number of likely N-dealkylation sites (tertiary alicyclic amines) is 1. The number of carbonyl (C=O) groups excluding carboxylic acids is 1. The average molecular weight is 327 g/mol. The standard InChI is InChI=1S/C18H25N5O/c1-12-14(9-21-22-12)16-11-19-15(10-20-16)13-5-7-23(8-6-13)17(24)18(2,3)4/h9-11,13H,5-8H2,1-4H3,(H,21,22). The highest BCUT2D eigenvalue weighted by molar-refractivity contribution is 5.81. The Bertz CT molecular complexity index is 706. The van der Waals surface area contributed by atoms with E-state index in [1.165, 1.54) is 0 Å². The largest absolute Gasteiger partial charge is 0.342 e. The summed E-state index contributed by atoms with van der Waals surface area (Å²) < 4.78 is 0. The molecule has 1 amide bonds. The monoisotopic (exact) mass is 327 g/mol. The van der Waals surface area contributed by atoms with Gasteiger partial charge in [-0.3, -0.25) is 19.9 Å². The molecule has 1 N–H and O–H groups in total. The van der Waals surface area contributed by atoms with Gasteiger partial charge in [-0.2, -0.15) is 5.10 Å². The van der Waals surface area contributed by atoms with Gasteiger partial charge in [-0.15, -0.1) is 0 Å². The molecular formula is C18H25N5O. The zero-order chi connectivity index (χ0) is 17.3. The molecule has 0 spiro atoms. The Hall–Kier alpha value is -2.24. The van der Waals surface area contributed by atoms with Gasteiger partial charge in [0, 0.05) is 41.9 Å². The van der Waals surface area contributed by atoms with Crippen molar-refractivity contribution in [1.82, 2.24) is 25.1 Å². The van der Waals surface area contributed by atoms with E-state index in [9.17, 15) is 4.79 Å². The fourth-order valence-electron chi connectivity index (χ4n) is 3.15. The molecule has 3 rings (SSSR count). The number of aromatic nitrogens is 4. The van der Waals surface area contributed by atoms with E-state index in [1.54, 1.807) is 6.20 Å². The first-order valence-corrected chi connectivity index (χ1v) is 8.48. The van der Waals surface area contributed by atoms with Crippen LogP contribution in [0.15, 0.2) is 18.6 Å². The predicted molar refractivity (Wildman–Crippen MR) is 92.4 cm³/mol. The minimum atomic E-state index is -0.309. The van der Waals surface area contributed by atoms with Gasteiger partial charge in [0.1, 0.15) is 0 Å². The summed E-state index contributed by atoms with van der Waals surface area (Å²) in [6.07, 6.45) is 7.35. The number of amides is 1. The Balaban J connectivity index is 1.65. The van der Waals surface area contributed by atoms with Gasteiger partial charge in [0.2, 0.25) is 5.91 Å². The number of nitrogens with zero attached hydrogens (tertiary/aromatic N) is 4. The van der Waals surface area contributed by atoms with E-state index >= 15 is 0 Å². The van der Waals surface area contributed by atoms with Crippen LogP contribution >= 0.6 is 0 Å². The van der Waals surface area contributed by atoms with Crippen LogP contribution in [0, 0.1) is 12.3 Å². The lowest BCUT2D eigenvalue weighted by atomic mass is 9.90. The van der Waals surface area contributed by atoms with Crippen molar-refractivity contribution in [1.29, 1.82) is 0 Å². The molecule has 1 aliphatic rings. The van der Waals surface area contributed by atoms with Crippen molar-refractivity contribution in [2.75, 3.05) is 13.1 Å².